The number of primary amides is 1. The third kappa shape index (κ3) is 4.34. The van der Waals surface area contributed by atoms with Crippen molar-refractivity contribution in [2.24, 2.45) is 5.73 Å². The standard InChI is InChI=1S/C15H11F3N2O2/c16-15(17,18)11-2-1-3-12(8-11)22-14-7-5-10(9-20-14)4-6-13(19)21/h1-9H,(H2,19,21)/b6-4-. The molecule has 2 aromatic rings. The molecule has 0 radical (unpaired) electrons. The lowest BCUT2D eigenvalue weighted by Crippen LogP contribution is -2.05. The van der Waals surface area contributed by atoms with Gasteiger partial charge in [-0.15, -0.1) is 0 Å². The van der Waals surface area contributed by atoms with E-state index in [1.54, 1.807) is 6.07 Å². The van der Waals surface area contributed by atoms with E-state index < -0.39 is 17.6 Å². The predicted molar refractivity (Wildman–Crippen MR) is 74.0 cm³/mol. The minimum atomic E-state index is -4.43. The van der Waals surface area contributed by atoms with Crippen molar-refractivity contribution in [3.05, 3.63) is 59.8 Å². The fourth-order valence-electron chi connectivity index (χ4n) is 1.59. The van der Waals surface area contributed by atoms with Crippen LogP contribution in [0.2, 0.25) is 0 Å². The number of nitrogens with zero attached hydrogens (tertiary/aromatic N) is 1. The fourth-order valence-corrected chi connectivity index (χ4v) is 1.59. The summed E-state index contributed by atoms with van der Waals surface area (Å²) in [6, 6.07) is 7.57. The lowest BCUT2D eigenvalue weighted by atomic mass is 10.2. The zero-order valence-electron chi connectivity index (χ0n) is 11.2. The summed E-state index contributed by atoms with van der Waals surface area (Å²) < 4.78 is 43.0. The van der Waals surface area contributed by atoms with Crippen LogP contribution in [-0.4, -0.2) is 10.9 Å². The summed E-state index contributed by atoms with van der Waals surface area (Å²) in [4.78, 5) is 14.5. The van der Waals surface area contributed by atoms with Gasteiger partial charge in [0.05, 0.1) is 5.56 Å². The normalized spacial score (nSPS) is 11.6. The molecule has 2 rings (SSSR count). The highest BCUT2D eigenvalue weighted by Gasteiger charge is 2.30. The summed E-state index contributed by atoms with van der Waals surface area (Å²) in [5.41, 5.74) is 4.77. The van der Waals surface area contributed by atoms with Crippen LogP contribution >= 0.6 is 0 Å². The number of halogens is 3. The van der Waals surface area contributed by atoms with E-state index in [1.807, 2.05) is 0 Å². The molecule has 0 aliphatic heterocycles. The van der Waals surface area contributed by atoms with Crippen molar-refractivity contribution >= 4 is 12.0 Å². The van der Waals surface area contributed by atoms with E-state index in [0.29, 0.717) is 5.56 Å². The van der Waals surface area contributed by atoms with Gasteiger partial charge in [0.2, 0.25) is 11.8 Å². The smallest absolute Gasteiger partial charge is 0.416 e. The summed E-state index contributed by atoms with van der Waals surface area (Å²) in [5.74, 6) is -0.428. The van der Waals surface area contributed by atoms with E-state index in [1.165, 1.54) is 36.5 Å². The lowest BCUT2D eigenvalue weighted by Gasteiger charge is -2.09. The average molecular weight is 308 g/mol. The Kier molecular flexibility index (Phi) is 4.45. The molecule has 22 heavy (non-hydrogen) atoms. The number of hydrogen-bond donors (Lipinski definition) is 1. The molecular weight excluding hydrogens is 297 g/mol. The fraction of sp³-hybridized carbons (Fsp3) is 0.0667. The van der Waals surface area contributed by atoms with Crippen LogP contribution in [0.4, 0.5) is 13.2 Å². The van der Waals surface area contributed by atoms with Crippen LogP contribution in [0, 0.1) is 0 Å². The highest BCUT2D eigenvalue weighted by Crippen LogP contribution is 2.32. The van der Waals surface area contributed by atoms with Gasteiger partial charge in [0.15, 0.2) is 0 Å². The van der Waals surface area contributed by atoms with E-state index in [9.17, 15) is 18.0 Å². The molecule has 0 saturated carbocycles. The maximum atomic E-state index is 12.6. The number of nitrogens with two attached hydrogens (primary N) is 1. The largest absolute Gasteiger partial charge is 0.439 e. The van der Waals surface area contributed by atoms with Gasteiger partial charge < -0.3 is 10.5 Å². The Balaban J connectivity index is 2.13. The minimum absolute atomic E-state index is 0.0303. The first kappa shape index (κ1) is 15.6. The number of hydrogen-bond acceptors (Lipinski definition) is 3. The third-order valence-corrected chi connectivity index (χ3v) is 2.58. The van der Waals surface area contributed by atoms with Gasteiger partial charge in [-0.1, -0.05) is 6.07 Å². The summed E-state index contributed by atoms with van der Waals surface area (Å²) in [5, 5.41) is 0. The Hall–Kier alpha value is -2.83. The van der Waals surface area contributed by atoms with E-state index in [2.05, 4.69) is 4.98 Å². The van der Waals surface area contributed by atoms with E-state index in [4.69, 9.17) is 10.5 Å². The molecule has 0 unspecified atom stereocenters. The predicted octanol–water partition coefficient (Wildman–Crippen LogP) is 3.39. The van der Waals surface area contributed by atoms with Crippen molar-refractivity contribution < 1.29 is 22.7 Å². The van der Waals surface area contributed by atoms with Gasteiger partial charge in [-0.2, -0.15) is 13.2 Å². The number of ether oxygens (including phenoxy) is 1. The number of pyridine rings is 1. The van der Waals surface area contributed by atoms with Gasteiger partial charge >= 0.3 is 6.18 Å². The van der Waals surface area contributed by atoms with Gasteiger partial charge in [-0.05, 0) is 35.9 Å². The van der Waals surface area contributed by atoms with Crippen molar-refractivity contribution in [1.82, 2.24) is 4.98 Å². The van der Waals surface area contributed by atoms with Crippen molar-refractivity contribution in [2.75, 3.05) is 0 Å². The zero-order chi connectivity index (χ0) is 16.2. The second-order valence-corrected chi connectivity index (χ2v) is 4.29. The minimum Gasteiger partial charge on any atom is -0.439 e. The number of rotatable bonds is 4. The maximum Gasteiger partial charge on any atom is 0.416 e. The van der Waals surface area contributed by atoms with Crippen molar-refractivity contribution in [3.8, 4) is 11.6 Å². The maximum absolute atomic E-state index is 12.6. The molecule has 0 saturated heterocycles. The molecule has 0 aliphatic rings. The average Bonchev–Trinajstić information content (AvgIpc) is 2.46. The summed E-state index contributed by atoms with van der Waals surface area (Å²) in [6.45, 7) is 0. The number of amides is 1. The number of benzene rings is 1. The Labute approximate surface area is 124 Å². The Morgan fingerprint density at radius 3 is 2.59 bits per heavy atom. The monoisotopic (exact) mass is 308 g/mol. The SMILES string of the molecule is NC(=O)/C=C\c1ccc(Oc2cccc(C(F)(F)F)c2)nc1. The number of aromatic nitrogens is 1. The van der Waals surface area contributed by atoms with Crippen LogP contribution in [0.5, 0.6) is 11.6 Å². The molecule has 0 aliphatic carbocycles. The van der Waals surface area contributed by atoms with Gasteiger partial charge in [0.25, 0.3) is 0 Å². The molecule has 114 valence electrons. The molecule has 4 nitrogen and oxygen atoms in total. The molecule has 1 heterocycles. The molecule has 0 bridgehead atoms. The molecule has 1 aromatic carbocycles. The van der Waals surface area contributed by atoms with Crippen molar-refractivity contribution in [1.29, 1.82) is 0 Å². The van der Waals surface area contributed by atoms with Crippen LogP contribution in [0.1, 0.15) is 11.1 Å². The highest BCUT2D eigenvalue weighted by molar-refractivity contribution is 5.90. The quantitative estimate of drug-likeness (QED) is 0.880. The summed E-state index contributed by atoms with van der Waals surface area (Å²) in [6.07, 6.45) is -0.396. The van der Waals surface area contributed by atoms with Crippen LogP contribution in [0.3, 0.4) is 0 Å². The molecule has 0 fully saturated rings. The topological polar surface area (TPSA) is 65.2 Å². The van der Waals surface area contributed by atoms with Crippen LogP contribution in [0.25, 0.3) is 6.08 Å². The van der Waals surface area contributed by atoms with Gasteiger partial charge in [-0.3, -0.25) is 4.79 Å². The lowest BCUT2D eigenvalue weighted by molar-refractivity contribution is -0.137. The highest BCUT2D eigenvalue weighted by atomic mass is 19.4. The van der Waals surface area contributed by atoms with Crippen LogP contribution < -0.4 is 10.5 Å². The summed E-state index contributed by atoms with van der Waals surface area (Å²) in [7, 11) is 0. The molecule has 0 spiro atoms. The molecule has 2 N–H and O–H groups in total. The van der Waals surface area contributed by atoms with Crippen LogP contribution in [-0.2, 0) is 11.0 Å². The second kappa shape index (κ2) is 6.30. The van der Waals surface area contributed by atoms with Crippen LogP contribution in [0.15, 0.2) is 48.7 Å². The second-order valence-electron chi connectivity index (χ2n) is 4.29. The van der Waals surface area contributed by atoms with Crippen molar-refractivity contribution in [3.63, 3.8) is 0 Å². The van der Waals surface area contributed by atoms with Crippen molar-refractivity contribution in [2.45, 2.75) is 6.18 Å². The van der Waals surface area contributed by atoms with Gasteiger partial charge in [0, 0.05) is 18.3 Å². The first-order valence-corrected chi connectivity index (χ1v) is 6.13. The first-order valence-electron chi connectivity index (χ1n) is 6.13. The molecule has 1 aromatic heterocycles. The van der Waals surface area contributed by atoms with E-state index in [0.717, 1.165) is 12.1 Å². The molecule has 1 amide bonds. The molecule has 7 heteroatoms. The molecular formula is C15H11F3N2O2. The Bertz CT molecular complexity index is 695. The summed E-state index contributed by atoms with van der Waals surface area (Å²) >= 11 is 0. The number of carbonyl (C=O) groups is 1. The Morgan fingerprint density at radius 2 is 2.00 bits per heavy atom. The van der Waals surface area contributed by atoms with Gasteiger partial charge in [-0.25, -0.2) is 4.98 Å². The molecule has 0 atom stereocenters. The third-order valence-electron chi connectivity index (χ3n) is 2.58. The van der Waals surface area contributed by atoms with E-state index in [-0.39, 0.29) is 11.6 Å². The first-order chi connectivity index (χ1) is 10.3. The number of alkyl halides is 3. The number of carbonyl (C=O) groups excluding carboxylic acids is 1. The van der Waals surface area contributed by atoms with E-state index >= 15 is 0 Å². The zero-order valence-corrected chi connectivity index (χ0v) is 11.2. The Morgan fingerprint density at radius 1 is 1.23 bits per heavy atom. The van der Waals surface area contributed by atoms with Gasteiger partial charge in [0.1, 0.15) is 5.75 Å².